The summed E-state index contributed by atoms with van der Waals surface area (Å²) in [6.45, 7) is 7.15. The Balaban J connectivity index is 1.34. The van der Waals surface area contributed by atoms with Crippen molar-refractivity contribution in [2.24, 2.45) is 0 Å². The molecule has 3 rings (SSSR count). The van der Waals surface area contributed by atoms with Crippen molar-refractivity contribution in [1.82, 2.24) is 20.5 Å². The topological polar surface area (TPSA) is 57.3 Å². The first kappa shape index (κ1) is 26.2. The van der Waals surface area contributed by atoms with Gasteiger partial charge in [0.15, 0.2) is 0 Å². The molecule has 2 N–H and O–H groups in total. The number of rotatable bonds is 11. The predicted octanol–water partition coefficient (Wildman–Crippen LogP) is 5.13. The summed E-state index contributed by atoms with van der Waals surface area (Å²) in [5.41, 5.74) is 0.811. The van der Waals surface area contributed by atoms with Crippen molar-refractivity contribution in [2.75, 3.05) is 32.7 Å². The minimum absolute atomic E-state index is 0.164. The molecule has 5 nitrogen and oxygen atoms in total. The van der Waals surface area contributed by atoms with E-state index in [2.05, 4.69) is 27.4 Å². The van der Waals surface area contributed by atoms with Gasteiger partial charge in [-0.1, -0.05) is 25.5 Å². The Hall–Kier alpha value is -2.45. The zero-order valence-corrected chi connectivity index (χ0v) is 19.8. The van der Waals surface area contributed by atoms with Gasteiger partial charge in [-0.05, 0) is 82.5 Å². The fourth-order valence-electron chi connectivity index (χ4n) is 4.36. The van der Waals surface area contributed by atoms with Crippen molar-refractivity contribution >= 4 is 5.91 Å². The molecule has 1 aliphatic heterocycles. The summed E-state index contributed by atoms with van der Waals surface area (Å²) in [7, 11) is 0. The van der Waals surface area contributed by atoms with Crippen LogP contribution in [0.4, 0.5) is 13.2 Å². The minimum Gasteiger partial charge on any atom is -0.352 e. The molecule has 1 aromatic heterocycles. The number of carbonyl (C=O) groups excluding carboxylic acids is 1. The van der Waals surface area contributed by atoms with Crippen LogP contribution in [0.15, 0.2) is 42.6 Å². The second kappa shape index (κ2) is 12.9. The fraction of sp³-hybridized carbons (Fsp3) is 0.538. The zero-order valence-electron chi connectivity index (χ0n) is 19.8. The van der Waals surface area contributed by atoms with Crippen LogP contribution in [0, 0.1) is 0 Å². The van der Waals surface area contributed by atoms with Crippen molar-refractivity contribution < 1.29 is 18.0 Å². The van der Waals surface area contributed by atoms with E-state index in [1.54, 1.807) is 24.3 Å². The number of amides is 1. The summed E-state index contributed by atoms with van der Waals surface area (Å²) in [5.74, 6) is -0.164. The Morgan fingerprint density at radius 3 is 2.38 bits per heavy atom. The monoisotopic (exact) mass is 476 g/mol. The third-order valence-corrected chi connectivity index (χ3v) is 6.38. The number of hydrogen-bond acceptors (Lipinski definition) is 4. The van der Waals surface area contributed by atoms with Gasteiger partial charge in [0.2, 0.25) is 0 Å². The molecule has 1 saturated heterocycles. The number of benzene rings is 1. The maximum absolute atomic E-state index is 12.7. The van der Waals surface area contributed by atoms with Crippen LogP contribution >= 0.6 is 0 Å². The molecule has 1 amide bonds. The summed E-state index contributed by atoms with van der Waals surface area (Å²) in [6.07, 6.45) is 3.59. The molecule has 1 unspecified atom stereocenters. The van der Waals surface area contributed by atoms with Gasteiger partial charge in [-0.15, -0.1) is 0 Å². The molecule has 2 heterocycles. The molecule has 0 bridgehead atoms. The smallest absolute Gasteiger partial charge is 0.352 e. The Morgan fingerprint density at radius 1 is 1.03 bits per heavy atom. The van der Waals surface area contributed by atoms with E-state index in [1.807, 2.05) is 0 Å². The minimum atomic E-state index is -4.41. The van der Waals surface area contributed by atoms with Crippen molar-refractivity contribution in [3.8, 4) is 11.3 Å². The number of nitrogens with one attached hydrogen (secondary N) is 2. The summed E-state index contributed by atoms with van der Waals surface area (Å²) in [5, 5.41) is 6.40. The van der Waals surface area contributed by atoms with E-state index in [0.717, 1.165) is 38.2 Å². The predicted molar refractivity (Wildman–Crippen MR) is 129 cm³/mol. The second-order valence-electron chi connectivity index (χ2n) is 8.81. The molecule has 0 aliphatic carbocycles. The first-order chi connectivity index (χ1) is 16.4. The number of halogens is 3. The molecule has 1 fully saturated rings. The molecule has 1 atom stereocenters. The first-order valence-corrected chi connectivity index (χ1v) is 12.2. The standard InChI is InChI=1S/C26H35F3N4O/c1-2-23(33-17-4-3-5-18-33)13-16-30-14-6-15-31-25(34)21-9-7-20(8-10-21)24-12-11-22(19-32-24)26(27,28)29/h7-12,19,23,30H,2-6,13-18H2,1H3,(H,31,34). The van der Waals surface area contributed by atoms with Gasteiger partial charge in [0, 0.05) is 29.9 Å². The number of alkyl halides is 3. The molecule has 0 saturated carbocycles. The molecule has 1 aromatic carbocycles. The van der Waals surface area contributed by atoms with Gasteiger partial charge in [-0.25, -0.2) is 0 Å². The zero-order chi connectivity index (χ0) is 24.4. The second-order valence-corrected chi connectivity index (χ2v) is 8.81. The normalized spacial score (nSPS) is 15.8. The Labute approximate surface area is 200 Å². The number of likely N-dealkylation sites (tertiary alicyclic amines) is 1. The average molecular weight is 477 g/mol. The SMILES string of the molecule is CCC(CCNCCCNC(=O)c1ccc(-c2ccc(C(F)(F)F)cn2)cc1)N1CCCCC1. The van der Waals surface area contributed by atoms with E-state index in [9.17, 15) is 18.0 Å². The largest absolute Gasteiger partial charge is 0.417 e. The molecular weight excluding hydrogens is 441 g/mol. The quantitative estimate of drug-likeness (QED) is 0.442. The summed E-state index contributed by atoms with van der Waals surface area (Å²) in [6, 6.07) is 9.71. The fourth-order valence-corrected chi connectivity index (χ4v) is 4.36. The first-order valence-electron chi connectivity index (χ1n) is 12.2. The number of nitrogens with zero attached hydrogens (tertiary/aromatic N) is 2. The van der Waals surface area contributed by atoms with Crippen LogP contribution in [0.25, 0.3) is 11.3 Å². The highest BCUT2D eigenvalue weighted by molar-refractivity contribution is 5.94. The van der Waals surface area contributed by atoms with Crippen LogP contribution in [0.5, 0.6) is 0 Å². The number of aromatic nitrogens is 1. The number of pyridine rings is 1. The van der Waals surface area contributed by atoms with Crippen LogP contribution in [0.2, 0.25) is 0 Å². The number of carbonyl (C=O) groups is 1. The van der Waals surface area contributed by atoms with E-state index in [1.165, 1.54) is 44.8 Å². The van der Waals surface area contributed by atoms with Gasteiger partial charge in [-0.3, -0.25) is 9.78 Å². The summed E-state index contributed by atoms with van der Waals surface area (Å²) in [4.78, 5) is 18.9. The summed E-state index contributed by atoms with van der Waals surface area (Å²) < 4.78 is 38.0. The third kappa shape index (κ3) is 7.81. The van der Waals surface area contributed by atoms with Gasteiger partial charge in [-0.2, -0.15) is 13.2 Å². The maximum Gasteiger partial charge on any atom is 0.417 e. The maximum atomic E-state index is 12.7. The molecule has 34 heavy (non-hydrogen) atoms. The molecule has 0 spiro atoms. The van der Waals surface area contributed by atoms with Crippen molar-refractivity contribution in [3.63, 3.8) is 0 Å². The summed E-state index contributed by atoms with van der Waals surface area (Å²) >= 11 is 0. The van der Waals surface area contributed by atoms with E-state index in [0.29, 0.717) is 29.4 Å². The Bertz CT molecular complexity index is 878. The van der Waals surface area contributed by atoms with E-state index < -0.39 is 11.7 Å². The lowest BCUT2D eigenvalue weighted by Crippen LogP contribution is -2.40. The Morgan fingerprint density at radius 2 is 1.76 bits per heavy atom. The van der Waals surface area contributed by atoms with Crippen LogP contribution < -0.4 is 10.6 Å². The van der Waals surface area contributed by atoms with E-state index in [-0.39, 0.29) is 5.91 Å². The van der Waals surface area contributed by atoms with E-state index >= 15 is 0 Å². The molecule has 0 radical (unpaired) electrons. The average Bonchev–Trinajstić information content (AvgIpc) is 2.86. The molecule has 1 aliphatic rings. The molecule has 2 aromatic rings. The van der Waals surface area contributed by atoms with Crippen molar-refractivity contribution in [1.29, 1.82) is 0 Å². The highest BCUT2D eigenvalue weighted by Crippen LogP contribution is 2.29. The lowest BCUT2D eigenvalue weighted by molar-refractivity contribution is -0.137. The van der Waals surface area contributed by atoms with Crippen LogP contribution in [-0.4, -0.2) is 54.6 Å². The number of hydrogen-bond donors (Lipinski definition) is 2. The van der Waals surface area contributed by atoms with Crippen molar-refractivity contribution in [2.45, 2.75) is 57.7 Å². The molecular formula is C26H35F3N4O. The van der Waals surface area contributed by atoms with Crippen LogP contribution in [0.3, 0.4) is 0 Å². The lowest BCUT2D eigenvalue weighted by Gasteiger charge is -2.34. The van der Waals surface area contributed by atoms with Gasteiger partial charge in [0.05, 0.1) is 11.3 Å². The highest BCUT2D eigenvalue weighted by Gasteiger charge is 2.30. The van der Waals surface area contributed by atoms with E-state index in [4.69, 9.17) is 0 Å². The van der Waals surface area contributed by atoms with Crippen LogP contribution in [-0.2, 0) is 6.18 Å². The molecule has 8 heteroatoms. The highest BCUT2D eigenvalue weighted by atomic mass is 19.4. The van der Waals surface area contributed by atoms with Gasteiger partial charge in [0.1, 0.15) is 0 Å². The van der Waals surface area contributed by atoms with Gasteiger partial charge >= 0.3 is 6.18 Å². The van der Waals surface area contributed by atoms with Gasteiger partial charge in [0.25, 0.3) is 5.91 Å². The van der Waals surface area contributed by atoms with Crippen molar-refractivity contribution in [3.05, 3.63) is 53.7 Å². The van der Waals surface area contributed by atoms with Crippen LogP contribution in [0.1, 0.15) is 61.4 Å². The molecule has 186 valence electrons. The number of piperidine rings is 1. The lowest BCUT2D eigenvalue weighted by atomic mass is 10.0. The Kier molecular flexibility index (Phi) is 9.89. The van der Waals surface area contributed by atoms with Gasteiger partial charge < -0.3 is 15.5 Å². The third-order valence-electron chi connectivity index (χ3n) is 6.38.